The summed E-state index contributed by atoms with van der Waals surface area (Å²) in [5, 5.41) is 9.04. The first-order valence-electron chi connectivity index (χ1n) is 14.4. The molecule has 5 heteroatoms. The largest absolute Gasteiger partial charge is 0.263 e. The Hall–Kier alpha value is -4.38. The van der Waals surface area contributed by atoms with Crippen molar-refractivity contribution in [1.82, 2.24) is 20.0 Å². The first kappa shape index (κ1) is 25.9. The molecule has 0 amide bonds. The summed E-state index contributed by atoms with van der Waals surface area (Å²) in [6.45, 7) is 11.3. The zero-order chi connectivity index (χ0) is 27.7. The Morgan fingerprint density at radius 3 is 2.45 bits per heavy atom. The van der Waals surface area contributed by atoms with Crippen molar-refractivity contribution in [3.05, 3.63) is 109 Å². The van der Waals surface area contributed by atoms with Crippen LogP contribution in [0.4, 0.5) is 0 Å². The van der Waals surface area contributed by atoms with E-state index in [-0.39, 0.29) is 5.41 Å². The van der Waals surface area contributed by atoms with Crippen LogP contribution in [0, 0.1) is 0 Å². The van der Waals surface area contributed by atoms with Gasteiger partial charge in [-0.25, -0.2) is 4.68 Å². The van der Waals surface area contributed by atoms with Crippen molar-refractivity contribution in [1.29, 1.82) is 0 Å². The van der Waals surface area contributed by atoms with E-state index in [0.717, 1.165) is 58.7 Å². The third-order valence-corrected chi connectivity index (χ3v) is 8.60. The number of aromatic nitrogens is 5. The number of nitrogens with zero attached hydrogens (tertiary/aromatic N) is 5. The Labute approximate surface area is 236 Å². The zero-order valence-electron chi connectivity index (χ0n) is 23.6. The molecule has 0 aliphatic carbocycles. The fraction of sp³-hybridized carbons (Fsp3) is 0.257. The lowest BCUT2D eigenvalue weighted by atomic mass is 9.69. The van der Waals surface area contributed by atoms with Gasteiger partial charge in [0.05, 0.1) is 22.9 Å². The van der Waals surface area contributed by atoms with E-state index in [1.807, 2.05) is 23.3 Å². The monoisotopic (exact) mass is 526 g/mol. The van der Waals surface area contributed by atoms with E-state index in [0.29, 0.717) is 0 Å². The maximum Gasteiger partial charge on any atom is 0.218 e. The molecule has 0 atom stereocenters. The SMILES string of the molecule is C=C1[n+]2ccccc2-c2cc(-n3cc(-c4cncc(-c5ccc(CCCC)cc5)c4)nn3)ccc2C1(CC)CC. The number of rotatable bonds is 8. The molecule has 5 aromatic rings. The third kappa shape index (κ3) is 4.36. The smallest absolute Gasteiger partial charge is 0.218 e. The molecule has 0 spiro atoms. The number of hydrogen-bond donors (Lipinski definition) is 0. The lowest BCUT2D eigenvalue weighted by molar-refractivity contribution is -0.577. The second-order valence-electron chi connectivity index (χ2n) is 10.7. The van der Waals surface area contributed by atoms with Gasteiger partial charge in [0.15, 0.2) is 11.9 Å². The lowest BCUT2D eigenvalue weighted by Gasteiger charge is -2.35. The molecule has 40 heavy (non-hydrogen) atoms. The predicted octanol–water partition coefficient (Wildman–Crippen LogP) is 7.84. The van der Waals surface area contributed by atoms with Crippen LogP contribution in [0.5, 0.6) is 0 Å². The van der Waals surface area contributed by atoms with Gasteiger partial charge in [0.25, 0.3) is 0 Å². The summed E-state index contributed by atoms with van der Waals surface area (Å²) < 4.78 is 4.11. The minimum atomic E-state index is -0.0965. The van der Waals surface area contributed by atoms with Gasteiger partial charge >= 0.3 is 0 Å². The number of allylic oxidation sites excluding steroid dienone is 1. The molecule has 0 saturated heterocycles. The third-order valence-electron chi connectivity index (χ3n) is 8.60. The summed E-state index contributed by atoms with van der Waals surface area (Å²) in [6.07, 6.45) is 13.4. The van der Waals surface area contributed by atoms with Gasteiger partial charge in [0, 0.05) is 35.7 Å². The highest BCUT2D eigenvalue weighted by molar-refractivity contribution is 5.75. The molecule has 0 radical (unpaired) electrons. The number of hydrogen-bond acceptors (Lipinski definition) is 3. The molecule has 200 valence electrons. The molecule has 0 bridgehead atoms. The van der Waals surface area contributed by atoms with Crippen LogP contribution in [-0.4, -0.2) is 20.0 Å². The first-order valence-corrected chi connectivity index (χ1v) is 14.4. The van der Waals surface area contributed by atoms with Crippen molar-refractivity contribution in [2.75, 3.05) is 0 Å². The van der Waals surface area contributed by atoms with Crippen molar-refractivity contribution in [3.63, 3.8) is 0 Å². The minimum Gasteiger partial charge on any atom is -0.263 e. The Bertz CT molecular complexity index is 1670. The maximum atomic E-state index is 4.54. The van der Waals surface area contributed by atoms with Crippen molar-refractivity contribution < 1.29 is 4.57 Å². The molecule has 2 aromatic carbocycles. The molecular weight excluding hydrogens is 490 g/mol. The van der Waals surface area contributed by atoms with E-state index in [1.54, 1.807) is 0 Å². The van der Waals surface area contributed by atoms with Crippen LogP contribution in [-0.2, 0) is 11.8 Å². The van der Waals surface area contributed by atoms with Gasteiger partial charge in [-0.15, -0.1) is 5.10 Å². The summed E-state index contributed by atoms with van der Waals surface area (Å²) >= 11 is 0. The maximum absolute atomic E-state index is 4.54. The average Bonchev–Trinajstić information content (AvgIpc) is 3.52. The number of unbranched alkanes of at least 4 members (excludes halogenated alkanes) is 1. The van der Waals surface area contributed by atoms with E-state index in [2.05, 4.69) is 120 Å². The van der Waals surface area contributed by atoms with Gasteiger partial charge in [0.1, 0.15) is 5.69 Å². The van der Waals surface area contributed by atoms with E-state index in [9.17, 15) is 0 Å². The Morgan fingerprint density at radius 2 is 1.68 bits per heavy atom. The van der Waals surface area contributed by atoms with E-state index < -0.39 is 0 Å². The number of fused-ring (bicyclic) bond motifs is 3. The first-order chi connectivity index (χ1) is 19.6. The normalized spacial score (nSPS) is 13.6. The zero-order valence-corrected chi connectivity index (χ0v) is 23.6. The molecule has 5 nitrogen and oxygen atoms in total. The second-order valence-corrected chi connectivity index (χ2v) is 10.7. The summed E-state index contributed by atoms with van der Waals surface area (Å²) in [5.41, 5.74) is 11.1. The van der Waals surface area contributed by atoms with Crippen LogP contribution >= 0.6 is 0 Å². The number of benzene rings is 2. The molecule has 0 fully saturated rings. The van der Waals surface area contributed by atoms with Crippen LogP contribution in [0.1, 0.15) is 57.6 Å². The van der Waals surface area contributed by atoms with Gasteiger partial charge in [0.2, 0.25) is 5.69 Å². The van der Waals surface area contributed by atoms with Gasteiger partial charge < -0.3 is 0 Å². The highest BCUT2D eigenvalue weighted by Crippen LogP contribution is 2.46. The van der Waals surface area contributed by atoms with Gasteiger partial charge in [-0.3, -0.25) is 4.98 Å². The second kappa shape index (κ2) is 10.6. The number of pyridine rings is 2. The minimum absolute atomic E-state index is 0.0965. The van der Waals surface area contributed by atoms with Gasteiger partial charge in [-0.05, 0) is 73.2 Å². The standard InChI is InChI=1S/C35H36N5/c1-5-8-11-26-13-15-27(16-14-26)28-20-29(23-36-22-28)33-24-40(38-37-33)30-17-18-32-31(21-30)34-12-9-10-19-39(34)25(4)35(32,6-2)7-3/h9-10,12-24H,4-8,11H2,1-3H3/q+1. The van der Waals surface area contributed by atoms with Gasteiger partial charge in [-0.2, -0.15) is 4.57 Å². The molecule has 4 heterocycles. The topological polar surface area (TPSA) is 47.5 Å². The lowest BCUT2D eigenvalue weighted by Crippen LogP contribution is -2.48. The molecule has 0 N–H and O–H groups in total. The highest BCUT2D eigenvalue weighted by atomic mass is 15.4. The average molecular weight is 527 g/mol. The molecule has 0 saturated carbocycles. The molecule has 6 rings (SSSR count). The van der Waals surface area contributed by atoms with Crippen molar-refractivity contribution in [2.45, 2.75) is 58.3 Å². The molecule has 0 unspecified atom stereocenters. The van der Waals surface area contributed by atoms with Crippen LogP contribution < -0.4 is 4.57 Å². The van der Waals surface area contributed by atoms with Crippen LogP contribution in [0.2, 0.25) is 0 Å². The fourth-order valence-corrected chi connectivity index (χ4v) is 6.13. The molecular formula is C35H36N5+. The van der Waals surface area contributed by atoms with Crippen molar-refractivity contribution in [2.24, 2.45) is 0 Å². The van der Waals surface area contributed by atoms with Gasteiger partial charge in [-0.1, -0.05) is 62.7 Å². The van der Waals surface area contributed by atoms with Crippen LogP contribution in [0.15, 0.2) is 98.1 Å². The van der Waals surface area contributed by atoms with E-state index >= 15 is 0 Å². The van der Waals surface area contributed by atoms with Crippen LogP contribution in [0.3, 0.4) is 0 Å². The number of aryl methyl sites for hydroxylation is 1. The highest BCUT2D eigenvalue weighted by Gasteiger charge is 2.45. The quantitative estimate of drug-likeness (QED) is 0.194. The van der Waals surface area contributed by atoms with Crippen molar-refractivity contribution >= 4 is 5.70 Å². The molecule has 3 aromatic heterocycles. The van der Waals surface area contributed by atoms with Crippen molar-refractivity contribution in [3.8, 4) is 39.3 Å². The fourth-order valence-electron chi connectivity index (χ4n) is 6.13. The summed E-state index contributed by atoms with van der Waals surface area (Å²) in [6, 6.07) is 23.9. The molecule has 1 aliphatic rings. The predicted molar refractivity (Wildman–Crippen MR) is 162 cm³/mol. The summed E-state index contributed by atoms with van der Waals surface area (Å²) in [5.74, 6) is 0. The van der Waals surface area contributed by atoms with E-state index in [4.69, 9.17) is 0 Å². The Morgan fingerprint density at radius 1 is 0.875 bits per heavy atom. The van der Waals surface area contributed by atoms with Crippen LogP contribution in [0.25, 0.3) is 45.0 Å². The Kier molecular flexibility index (Phi) is 6.89. The van der Waals surface area contributed by atoms with E-state index in [1.165, 1.54) is 29.5 Å². The molecule has 1 aliphatic heterocycles. The summed E-state index contributed by atoms with van der Waals surface area (Å²) in [4.78, 5) is 4.53. The summed E-state index contributed by atoms with van der Waals surface area (Å²) in [7, 11) is 0. The Balaban J connectivity index is 1.34.